The van der Waals surface area contributed by atoms with Crippen LogP contribution < -0.4 is 16.4 Å². The third-order valence-electron chi connectivity index (χ3n) is 4.74. The van der Waals surface area contributed by atoms with Gasteiger partial charge in [-0.05, 0) is 59.9 Å². The molecule has 2 amide bonds. The Hall–Kier alpha value is -2.29. The van der Waals surface area contributed by atoms with E-state index in [4.69, 9.17) is 18.0 Å². The Balaban J connectivity index is 1.56. The zero-order valence-electron chi connectivity index (χ0n) is 14.7. The van der Waals surface area contributed by atoms with Crippen molar-refractivity contribution >= 4 is 72.2 Å². The number of thiocarbonyl (C=S) groups is 1. The lowest BCUT2D eigenvalue weighted by molar-refractivity contribution is 0.0977. The lowest BCUT2D eigenvalue weighted by Crippen LogP contribution is -2.34. The molecule has 0 unspecified atom stereocenters. The molecule has 0 bridgehead atoms. The number of thiophene rings is 1. The minimum absolute atomic E-state index is 0.138. The molecule has 28 heavy (non-hydrogen) atoms. The van der Waals surface area contributed by atoms with E-state index >= 15 is 0 Å². The molecule has 5 nitrogen and oxygen atoms in total. The summed E-state index contributed by atoms with van der Waals surface area (Å²) in [4.78, 5) is 25.8. The van der Waals surface area contributed by atoms with Gasteiger partial charge in [0.1, 0.15) is 5.00 Å². The number of hydrogen-bond donors (Lipinski definition) is 3. The maximum atomic E-state index is 12.8. The molecule has 0 saturated heterocycles. The fraction of sp³-hybridized carbons (Fsp3) is 0.150. The van der Waals surface area contributed by atoms with Crippen molar-refractivity contribution in [2.24, 2.45) is 5.73 Å². The molecule has 4 rings (SSSR count). The molecule has 0 atom stereocenters. The van der Waals surface area contributed by atoms with E-state index in [1.54, 1.807) is 6.07 Å². The summed E-state index contributed by atoms with van der Waals surface area (Å²) in [5, 5.41) is 8.20. The van der Waals surface area contributed by atoms with Crippen molar-refractivity contribution in [2.45, 2.75) is 19.3 Å². The van der Waals surface area contributed by atoms with E-state index in [-0.39, 0.29) is 11.0 Å². The smallest absolute Gasteiger partial charge is 0.258 e. The lowest BCUT2D eigenvalue weighted by Gasteiger charge is -2.11. The maximum absolute atomic E-state index is 12.8. The normalized spacial score (nSPS) is 12.6. The van der Waals surface area contributed by atoms with Crippen LogP contribution in [-0.2, 0) is 12.8 Å². The van der Waals surface area contributed by atoms with Crippen molar-refractivity contribution in [3.63, 3.8) is 0 Å². The van der Waals surface area contributed by atoms with Crippen LogP contribution in [0, 0.1) is 0 Å². The summed E-state index contributed by atoms with van der Waals surface area (Å²) < 4.78 is 0.916. The minimum atomic E-state index is -0.477. The van der Waals surface area contributed by atoms with Crippen molar-refractivity contribution in [3.05, 3.63) is 62.4 Å². The Morgan fingerprint density at radius 1 is 1.11 bits per heavy atom. The Bertz CT molecular complexity index is 1140. The van der Waals surface area contributed by atoms with Crippen LogP contribution in [0.25, 0.3) is 10.8 Å². The number of primary amides is 1. The average Bonchev–Trinajstić information content (AvgIpc) is 3.21. The average molecular weight is 474 g/mol. The van der Waals surface area contributed by atoms with Crippen LogP contribution in [0.3, 0.4) is 0 Å². The van der Waals surface area contributed by atoms with Gasteiger partial charge in [0.15, 0.2) is 5.11 Å². The summed E-state index contributed by atoms with van der Waals surface area (Å²) in [6.45, 7) is 0. The van der Waals surface area contributed by atoms with Gasteiger partial charge in [-0.25, -0.2) is 0 Å². The van der Waals surface area contributed by atoms with Crippen molar-refractivity contribution in [1.82, 2.24) is 5.32 Å². The van der Waals surface area contributed by atoms with Crippen LogP contribution >= 0.6 is 39.5 Å². The number of amides is 2. The molecule has 0 aliphatic heterocycles. The third kappa shape index (κ3) is 3.43. The van der Waals surface area contributed by atoms with Gasteiger partial charge in [-0.3, -0.25) is 14.9 Å². The highest BCUT2D eigenvalue weighted by Crippen LogP contribution is 2.38. The van der Waals surface area contributed by atoms with Crippen LogP contribution in [0.2, 0.25) is 0 Å². The largest absolute Gasteiger partial charge is 0.365 e. The third-order valence-corrected chi connectivity index (χ3v) is 6.84. The van der Waals surface area contributed by atoms with Crippen molar-refractivity contribution in [2.75, 3.05) is 5.32 Å². The van der Waals surface area contributed by atoms with E-state index in [9.17, 15) is 9.59 Å². The summed E-state index contributed by atoms with van der Waals surface area (Å²) in [6, 6.07) is 11.2. The number of nitrogens with two attached hydrogens (primary N) is 1. The number of benzene rings is 2. The predicted octanol–water partition coefficient (Wildman–Crippen LogP) is 4.38. The number of nitrogens with one attached hydrogen (secondary N) is 2. The second-order valence-electron chi connectivity index (χ2n) is 6.47. The molecule has 0 spiro atoms. The van der Waals surface area contributed by atoms with Gasteiger partial charge in [0, 0.05) is 14.9 Å². The van der Waals surface area contributed by atoms with Crippen LogP contribution in [-0.4, -0.2) is 16.9 Å². The maximum Gasteiger partial charge on any atom is 0.258 e. The number of aryl methyl sites for hydroxylation is 1. The molecule has 1 aromatic heterocycles. The SMILES string of the molecule is NC(=O)c1c(NC(=S)NC(=O)c2cccc3c(Br)cccc23)sc2c1CCC2. The zero-order chi connectivity index (χ0) is 19.8. The molecule has 2 aromatic carbocycles. The monoisotopic (exact) mass is 473 g/mol. The first-order valence-corrected chi connectivity index (χ1v) is 10.7. The second kappa shape index (κ2) is 7.62. The topological polar surface area (TPSA) is 84.2 Å². The number of halogens is 1. The van der Waals surface area contributed by atoms with Crippen LogP contribution in [0.5, 0.6) is 0 Å². The molecule has 4 N–H and O–H groups in total. The number of carbonyl (C=O) groups is 2. The van der Waals surface area contributed by atoms with Gasteiger partial charge in [-0.15, -0.1) is 11.3 Å². The fourth-order valence-electron chi connectivity index (χ4n) is 3.53. The number of hydrogen-bond acceptors (Lipinski definition) is 4. The van der Waals surface area contributed by atoms with Crippen LogP contribution in [0.1, 0.15) is 37.6 Å². The predicted molar refractivity (Wildman–Crippen MR) is 120 cm³/mol. The van der Waals surface area contributed by atoms with Crippen molar-refractivity contribution in [1.29, 1.82) is 0 Å². The molecular weight excluding hydrogens is 458 g/mol. The van der Waals surface area contributed by atoms with E-state index in [0.717, 1.165) is 44.9 Å². The Morgan fingerprint density at radius 2 is 1.86 bits per heavy atom. The van der Waals surface area contributed by atoms with Gasteiger partial charge >= 0.3 is 0 Å². The van der Waals surface area contributed by atoms with Gasteiger partial charge in [-0.2, -0.15) is 0 Å². The summed E-state index contributed by atoms with van der Waals surface area (Å²) in [7, 11) is 0. The molecule has 1 aliphatic rings. The number of anilines is 1. The molecular formula is C20H16BrN3O2S2. The highest BCUT2D eigenvalue weighted by molar-refractivity contribution is 9.10. The van der Waals surface area contributed by atoms with E-state index in [0.29, 0.717) is 16.1 Å². The first-order valence-electron chi connectivity index (χ1n) is 8.69. The minimum Gasteiger partial charge on any atom is -0.365 e. The van der Waals surface area contributed by atoms with Gasteiger partial charge in [0.2, 0.25) is 0 Å². The highest BCUT2D eigenvalue weighted by Gasteiger charge is 2.26. The van der Waals surface area contributed by atoms with Gasteiger partial charge < -0.3 is 11.1 Å². The van der Waals surface area contributed by atoms with E-state index in [1.807, 2.05) is 30.3 Å². The molecule has 0 fully saturated rings. The quantitative estimate of drug-likeness (QED) is 0.492. The molecule has 142 valence electrons. The summed E-state index contributed by atoms with van der Waals surface area (Å²) in [6.07, 6.45) is 2.81. The van der Waals surface area contributed by atoms with Gasteiger partial charge in [-0.1, -0.05) is 40.2 Å². The fourth-order valence-corrected chi connectivity index (χ4v) is 5.58. The highest BCUT2D eigenvalue weighted by atomic mass is 79.9. The van der Waals surface area contributed by atoms with E-state index in [1.165, 1.54) is 11.3 Å². The van der Waals surface area contributed by atoms with Crippen LogP contribution in [0.15, 0.2) is 40.9 Å². The molecule has 0 radical (unpaired) electrons. The molecule has 0 saturated carbocycles. The zero-order valence-corrected chi connectivity index (χ0v) is 17.9. The van der Waals surface area contributed by atoms with Crippen molar-refractivity contribution in [3.8, 4) is 0 Å². The summed E-state index contributed by atoms with van der Waals surface area (Å²) in [5.41, 5.74) is 7.59. The van der Waals surface area contributed by atoms with Gasteiger partial charge in [0.05, 0.1) is 5.56 Å². The van der Waals surface area contributed by atoms with Crippen LogP contribution in [0.4, 0.5) is 5.00 Å². The van der Waals surface area contributed by atoms with E-state index in [2.05, 4.69) is 26.6 Å². The number of fused-ring (bicyclic) bond motifs is 2. The summed E-state index contributed by atoms with van der Waals surface area (Å²) in [5.74, 6) is -0.791. The molecule has 3 aromatic rings. The molecule has 1 aliphatic carbocycles. The van der Waals surface area contributed by atoms with E-state index < -0.39 is 5.91 Å². The Morgan fingerprint density at radius 3 is 2.64 bits per heavy atom. The number of rotatable bonds is 3. The van der Waals surface area contributed by atoms with Crippen molar-refractivity contribution < 1.29 is 9.59 Å². The molecule has 8 heteroatoms. The van der Waals surface area contributed by atoms with Gasteiger partial charge in [0.25, 0.3) is 11.8 Å². The Kier molecular flexibility index (Phi) is 5.18. The standard InChI is InChI=1S/C20H16BrN3O2S2/c21-14-8-2-4-10-11(14)5-1-6-12(10)18(26)23-20(27)24-19-16(17(22)25)13-7-3-9-15(13)28-19/h1-2,4-6,8H,3,7,9H2,(H2,22,25)(H2,23,24,26,27). The first kappa shape index (κ1) is 19.0. The molecule has 1 heterocycles. The Labute approximate surface area is 179 Å². The first-order chi connectivity index (χ1) is 13.5. The second-order valence-corrected chi connectivity index (χ2v) is 8.84. The number of carbonyl (C=O) groups excluding carboxylic acids is 2. The lowest BCUT2D eigenvalue weighted by atomic mass is 10.0. The summed E-state index contributed by atoms with van der Waals surface area (Å²) >= 11 is 10.3.